The second kappa shape index (κ2) is 4.75. The van der Waals surface area contributed by atoms with Gasteiger partial charge in [-0.2, -0.15) is 0 Å². The highest BCUT2D eigenvalue weighted by molar-refractivity contribution is 6.07. The summed E-state index contributed by atoms with van der Waals surface area (Å²) in [5.74, 6) is -2.28. The molecule has 4 N–H and O–H groups in total. The summed E-state index contributed by atoms with van der Waals surface area (Å²) in [5.41, 5.74) is -1.30. The van der Waals surface area contributed by atoms with Gasteiger partial charge in [-0.3, -0.25) is 4.79 Å². The molecule has 0 heterocycles. The zero-order valence-electron chi connectivity index (χ0n) is 8.38. The first-order valence-corrected chi connectivity index (χ1v) is 4.65. The minimum absolute atomic E-state index is 0.251. The molecular formula is C9H12N2O5. The Labute approximate surface area is 91.1 Å². The number of amides is 1. The molecule has 0 aromatic carbocycles. The largest absolute Gasteiger partial charge is 0.478 e. The van der Waals surface area contributed by atoms with E-state index in [2.05, 4.69) is 10.5 Å². The number of amidine groups is 1. The Bertz CT molecular complexity index is 357. The predicted molar refractivity (Wildman–Crippen MR) is 52.9 cm³/mol. The molecule has 0 bridgehead atoms. The van der Waals surface area contributed by atoms with Crippen molar-refractivity contribution in [3.05, 3.63) is 12.2 Å². The maximum absolute atomic E-state index is 11.1. The van der Waals surface area contributed by atoms with Crippen molar-refractivity contribution in [2.45, 2.75) is 24.9 Å². The van der Waals surface area contributed by atoms with E-state index in [1.165, 1.54) is 0 Å². The standard InChI is InChI=1S/C9H12N2O5/c12-6(2-3-7(13)14)10-8(11-16)9(15)4-1-5-9/h2-3,15-16H,1,4-5H2,(H,13,14)(H,10,11,12)/b3-2+. The van der Waals surface area contributed by atoms with Crippen LogP contribution in [0, 0.1) is 0 Å². The van der Waals surface area contributed by atoms with Crippen LogP contribution in [0.1, 0.15) is 19.3 Å². The van der Waals surface area contributed by atoms with E-state index in [1.807, 2.05) is 0 Å². The number of carboxylic acid groups (broad SMARTS) is 1. The van der Waals surface area contributed by atoms with Gasteiger partial charge in [0.1, 0.15) is 5.60 Å². The number of aliphatic hydroxyl groups is 1. The quantitative estimate of drug-likeness (QED) is 0.170. The van der Waals surface area contributed by atoms with Crippen molar-refractivity contribution in [1.29, 1.82) is 0 Å². The minimum atomic E-state index is -1.30. The molecular weight excluding hydrogens is 216 g/mol. The van der Waals surface area contributed by atoms with Crippen molar-refractivity contribution >= 4 is 17.7 Å². The lowest BCUT2D eigenvalue weighted by Crippen LogP contribution is -2.53. The molecule has 0 aliphatic heterocycles. The molecule has 0 aromatic heterocycles. The van der Waals surface area contributed by atoms with Crippen LogP contribution in [-0.4, -0.2) is 38.7 Å². The highest BCUT2D eigenvalue weighted by atomic mass is 16.4. The molecule has 16 heavy (non-hydrogen) atoms. The molecule has 1 rings (SSSR count). The molecule has 1 saturated carbocycles. The number of nitrogens with one attached hydrogen (secondary N) is 1. The second-order valence-corrected chi connectivity index (χ2v) is 3.49. The third kappa shape index (κ3) is 2.80. The summed E-state index contributed by atoms with van der Waals surface area (Å²) < 4.78 is 0. The van der Waals surface area contributed by atoms with Crippen LogP contribution in [0.4, 0.5) is 0 Å². The molecule has 0 atom stereocenters. The first-order chi connectivity index (χ1) is 7.48. The van der Waals surface area contributed by atoms with E-state index in [0.29, 0.717) is 18.9 Å². The summed E-state index contributed by atoms with van der Waals surface area (Å²) in [7, 11) is 0. The summed E-state index contributed by atoms with van der Waals surface area (Å²) in [6, 6.07) is 0. The first kappa shape index (κ1) is 12.2. The van der Waals surface area contributed by atoms with Gasteiger partial charge in [0, 0.05) is 12.2 Å². The minimum Gasteiger partial charge on any atom is -0.478 e. The van der Waals surface area contributed by atoms with Gasteiger partial charge in [-0.25, -0.2) is 4.79 Å². The Morgan fingerprint density at radius 3 is 2.31 bits per heavy atom. The topological polar surface area (TPSA) is 119 Å². The summed E-state index contributed by atoms with van der Waals surface area (Å²) in [6.45, 7) is 0. The van der Waals surface area contributed by atoms with Crippen molar-refractivity contribution in [3.63, 3.8) is 0 Å². The van der Waals surface area contributed by atoms with E-state index in [-0.39, 0.29) is 5.84 Å². The van der Waals surface area contributed by atoms with Crippen molar-refractivity contribution in [1.82, 2.24) is 5.32 Å². The molecule has 1 amide bonds. The van der Waals surface area contributed by atoms with Crippen molar-refractivity contribution < 1.29 is 25.0 Å². The number of hydrogen-bond acceptors (Lipinski definition) is 5. The Kier molecular flexibility index (Phi) is 3.62. The van der Waals surface area contributed by atoms with Crippen LogP contribution < -0.4 is 5.32 Å². The number of oxime groups is 1. The van der Waals surface area contributed by atoms with Gasteiger partial charge in [0.05, 0.1) is 0 Å². The molecule has 0 spiro atoms. The molecule has 0 radical (unpaired) electrons. The van der Waals surface area contributed by atoms with Crippen LogP contribution in [0.15, 0.2) is 17.3 Å². The lowest BCUT2D eigenvalue weighted by molar-refractivity contribution is -0.131. The number of aliphatic carboxylic acids is 1. The molecule has 7 nitrogen and oxygen atoms in total. The van der Waals surface area contributed by atoms with Crippen LogP contribution in [-0.2, 0) is 9.59 Å². The highest BCUT2D eigenvalue weighted by Gasteiger charge is 2.41. The maximum Gasteiger partial charge on any atom is 0.328 e. The van der Waals surface area contributed by atoms with Gasteiger partial charge in [0.25, 0.3) is 0 Å². The van der Waals surface area contributed by atoms with E-state index < -0.39 is 17.5 Å². The van der Waals surface area contributed by atoms with Crippen molar-refractivity contribution in [3.8, 4) is 0 Å². The predicted octanol–water partition coefficient (Wildman–Crippen LogP) is -0.554. The number of nitrogens with zero attached hydrogens (tertiary/aromatic N) is 1. The highest BCUT2D eigenvalue weighted by Crippen LogP contribution is 2.32. The molecule has 7 heteroatoms. The number of carbonyl (C=O) groups is 2. The summed E-state index contributed by atoms with van der Waals surface area (Å²) in [5, 5.41) is 31.6. The monoisotopic (exact) mass is 228 g/mol. The van der Waals surface area contributed by atoms with E-state index in [1.54, 1.807) is 0 Å². The van der Waals surface area contributed by atoms with Gasteiger partial charge >= 0.3 is 5.97 Å². The van der Waals surface area contributed by atoms with Gasteiger partial charge in [-0.05, 0) is 19.3 Å². The Morgan fingerprint density at radius 1 is 1.31 bits per heavy atom. The van der Waals surface area contributed by atoms with E-state index in [4.69, 9.17) is 10.3 Å². The van der Waals surface area contributed by atoms with E-state index in [0.717, 1.165) is 12.5 Å². The summed E-state index contributed by atoms with van der Waals surface area (Å²) >= 11 is 0. The Balaban J connectivity index is 2.58. The normalized spacial score (nSPS) is 19.2. The zero-order chi connectivity index (χ0) is 12.2. The third-order valence-electron chi connectivity index (χ3n) is 2.34. The molecule has 0 unspecified atom stereocenters. The number of rotatable bonds is 3. The van der Waals surface area contributed by atoms with Crippen LogP contribution in [0.3, 0.4) is 0 Å². The van der Waals surface area contributed by atoms with E-state index >= 15 is 0 Å². The van der Waals surface area contributed by atoms with Gasteiger partial charge in [0.15, 0.2) is 5.84 Å². The van der Waals surface area contributed by atoms with Gasteiger partial charge in [0.2, 0.25) is 5.91 Å². The van der Waals surface area contributed by atoms with Gasteiger partial charge in [-0.1, -0.05) is 5.16 Å². The molecule has 88 valence electrons. The molecule has 1 aliphatic rings. The van der Waals surface area contributed by atoms with Crippen molar-refractivity contribution in [2.24, 2.45) is 5.16 Å². The second-order valence-electron chi connectivity index (χ2n) is 3.49. The van der Waals surface area contributed by atoms with Crippen LogP contribution in [0.5, 0.6) is 0 Å². The lowest BCUT2D eigenvalue weighted by atomic mass is 9.79. The number of carbonyl (C=O) groups excluding carboxylic acids is 1. The van der Waals surface area contributed by atoms with Gasteiger partial charge < -0.3 is 20.7 Å². The van der Waals surface area contributed by atoms with Gasteiger partial charge in [-0.15, -0.1) is 0 Å². The van der Waals surface area contributed by atoms with Crippen LogP contribution >= 0.6 is 0 Å². The molecule has 1 aliphatic carbocycles. The van der Waals surface area contributed by atoms with Crippen molar-refractivity contribution in [2.75, 3.05) is 0 Å². The summed E-state index contributed by atoms with van der Waals surface area (Å²) in [4.78, 5) is 21.3. The fourth-order valence-electron chi connectivity index (χ4n) is 1.29. The average Bonchev–Trinajstić information content (AvgIpc) is 2.19. The smallest absolute Gasteiger partial charge is 0.328 e. The zero-order valence-corrected chi connectivity index (χ0v) is 8.38. The lowest BCUT2D eigenvalue weighted by Gasteiger charge is -2.36. The fraction of sp³-hybridized carbons (Fsp3) is 0.444. The van der Waals surface area contributed by atoms with Crippen LogP contribution in [0.25, 0.3) is 0 Å². The maximum atomic E-state index is 11.1. The first-order valence-electron chi connectivity index (χ1n) is 4.65. The SMILES string of the molecule is O=C(O)/C=C/C(=O)N/C(=N/O)C1(O)CCC1. The third-order valence-corrected chi connectivity index (χ3v) is 2.34. The fourth-order valence-corrected chi connectivity index (χ4v) is 1.29. The number of carboxylic acids is 1. The molecule has 1 fully saturated rings. The van der Waals surface area contributed by atoms with E-state index in [9.17, 15) is 14.7 Å². The Morgan fingerprint density at radius 2 is 1.94 bits per heavy atom. The average molecular weight is 228 g/mol. The number of hydrogen-bond donors (Lipinski definition) is 4. The Hall–Kier alpha value is -1.89. The molecule has 0 aromatic rings. The summed E-state index contributed by atoms with van der Waals surface area (Å²) in [6.07, 6.45) is 2.99. The van der Waals surface area contributed by atoms with Crippen LogP contribution in [0.2, 0.25) is 0 Å². The molecule has 0 saturated heterocycles.